The summed E-state index contributed by atoms with van der Waals surface area (Å²) in [5.74, 6) is 0.186. The fraction of sp³-hybridized carbons (Fsp3) is 0.370. The Labute approximate surface area is 210 Å². The van der Waals surface area contributed by atoms with E-state index in [4.69, 9.17) is 4.74 Å². The predicted octanol–water partition coefficient (Wildman–Crippen LogP) is 3.93. The number of hydrogen-bond acceptors (Lipinski definition) is 7. The van der Waals surface area contributed by atoms with Gasteiger partial charge in [-0.15, -0.1) is 5.10 Å². The molecule has 0 saturated carbocycles. The Hall–Kier alpha value is -3.85. The molecule has 4 aromatic rings. The van der Waals surface area contributed by atoms with E-state index in [2.05, 4.69) is 44.5 Å². The lowest BCUT2D eigenvalue weighted by Crippen LogP contribution is -2.33. The van der Waals surface area contributed by atoms with Crippen LogP contribution >= 0.6 is 0 Å². The van der Waals surface area contributed by atoms with Crippen LogP contribution in [0.3, 0.4) is 0 Å². The molecule has 9 nitrogen and oxygen atoms in total. The first-order valence-corrected chi connectivity index (χ1v) is 12.3. The van der Waals surface area contributed by atoms with Crippen molar-refractivity contribution in [2.45, 2.75) is 59.3 Å². The minimum absolute atomic E-state index is 0.0640. The van der Waals surface area contributed by atoms with Gasteiger partial charge < -0.3 is 9.72 Å². The van der Waals surface area contributed by atoms with Crippen LogP contribution in [0.5, 0.6) is 0 Å². The van der Waals surface area contributed by atoms with Crippen LogP contribution in [-0.2, 0) is 29.2 Å². The van der Waals surface area contributed by atoms with Crippen molar-refractivity contribution >= 4 is 16.9 Å². The molecule has 9 heteroatoms. The Morgan fingerprint density at radius 1 is 1.11 bits per heavy atom. The topological polar surface area (TPSA) is 106 Å². The van der Waals surface area contributed by atoms with Crippen molar-refractivity contribution in [3.05, 3.63) is 87.5 Å². The fourth-order valence-electron chi connectivity index (χ4n) is 4.43. The molecular weight excluding hydrogens is 456 g/mol. The SMILES string of the molecule is CCC[C@@H](c1nnnn1CC(=O)OCC)N(Cc1ccccc1)Cc1cc2ccc(C)cc2[nH]c1=O. The first-order chi connectivity index (χ1) is 17.5. The third-order valence-electron chi connectivity index (χ3n) is 6.13. The third-order valence-corrected chi connectivity index (χ3v) is 6.13. The van der Waals surface area contributed by atoms with Crippen molar-refractivity contribution < 1.29 is 9.53 Å². The van der Waals surface area contributed by atoms with E-state index in [1.54, 1.807) is 6.92 Å². The zero-order valence-electron chi connectivity index (χ0n) is 21.0. The Balaban J connectivity index is 1.73. The van der Waals surface area contributed by atoms with Crippen molar-refractivity contribution in [2.24, 2.45) is 0 Å². The number of carbonyl (C=O) groups excluding carboxylic acids is 1. The van der Waals surface area contributed by atoms with Gasteiger partial charge in [0.15, 0.2) is 5.82 Å². The van der Waals surface area contributed by atoms with Crippen LogP contribution in [0.1, 0.15) is 55.2 Å². The van der Waals surface area contributed by atoms with Gasteiger partial charge in [-0.1, -0.05) is 55.8 Å². The molecule has 0 aliphatic carbocycles. The molecule has 0 amide bonds. The molecule has 0 saturated heterocycles. The third kappa shape index (κ3) is 6.04. The van der Waals surface area contributed by atoms with Crippen LogP contribution in [0.2, 0.25) is 0 Å². The maximum atomic E-state index is 13.1. The van der Waals surface area contributed by atoms with E-state index in [1.165, 1.54) is 4.68 Å². The predicted molar refractivity (Wildman–Crippen MR) is 137 cm³/mol. The molecule has 0 bridgehead atoms. The molecule has 1 atom stereocenters. The quantitative estimate of drug-likeness (QED) is 0.319. The van der Waals surface area contributed by atoms with Gasteiger partial charge in [0.2, 0.25) is 0 Å². The molecule has 0 unspecified atom stereocenters. The van der Waals surface area contributed by atoms with E-state index in [9.17, 15) is 9.59 Å². The van der Waals surface area contributed by atoms with Gasteiger partial charge in [-0.25, -0.2) is 4.68 Å². The van der Waals surface area contributed by atoms with E-state index < -0.39 is 5.97 Å². The molecule has 0 radical (unpaired) electrons. The summed E-state index contributed by atoms with van der Waals surface area (Å²) in [7, 11) is 0. The zero-order chi connectivity index (χ0) is 25.5. The lowest BCUT2D eigenvalue weighted by atomic mass is 10.0. The minimum Gasteiger partial charge on any atom is -0.465 e. The summed E-state index contributed by atoms with van der Waals surface area (Å²) in [5.41, 5.74) is 3.56. The van der Waals surface area contributed by atoms with Gasteiger partial charge >= 0.3 is 5.97 Å². The molecule has 0 spiro atoms. The van der Waals surface area contributed by atoms with Gasteiger partial charge in [0.05, 0.1) is 12.6 Å². The molecule has 0 aliphatic rings. The summed E-state index contributed by atoms with van der Waals surface area (Å²) >= 11 is 0. The fourth-order valence-corrected chi connectivity index (χ4v) is 4.43. The van der Waals surface area contributed by atoms with Crippen molar-refractivity contribution in [3.63, 3.8) is 0 Å². The molecule has 2 aromatic carbocycles. The van der Waals surface area contributed by atoms with Crippen LogP contribution < -0.4 is 5.56 Å². The average molecular weight is 489 g/mol. The molecule has 2 aromatic heterocycles. The molecule has 4 rings (SSSR count). The highest BCUT2D eigenvalue weighted by Gasteiger charge is 2.27. The number of ether oxygens (including phenoxy) is 1. The number of nitrogens with zero attached hydrogens (tertiary/aromatic N) is 5. The van der Waals surface area contributed by atoms with E-state index >= 15 is 0 Å². The Bertz CT molecular complexity index is 1360. The molecule has 188 valence electrons. The van der Waals surface area contributed by atoms with E-state index in [-0.39, 0.29) is 18.1 Å². The number of pyridine rings is 1. The number of esters is 1. The molecular formula is C27H32N6O3. The summed E-state index contributed by atoms with van der Waals surface area (Å²) in [5, 5.41) is 13.2. The van der Waals surface area contributed by atoms with E-state index in [0.717, 1.165) is 34.9 Å². The standard InChI is InChI=1S/C27H32N6O3/c1-4-9-24(26-29-30-31-33(26)18-25(34)36-5-2)32(16-20-10-7-6-8-11-20)17-22-15-21-13-12-19(3)14-23(21)28-27(22)35/h6-8,10-15,24H,4-5,9,16-18H2,1-3H3,(H,28,35)/t24-/m0/s1. The highest BCUT2D eigenvalue weighted by atomic mass is 16.5. The number of nitrogens with one attached hydrogen (secondary N) is 1. The van der Waals surface area contributed by atoms with Gasteiger partial charge in [0.1, 0.15) is 6.54 Å². The molecule has 0 aliphatic heterocycles. The van der Waals surface area contributed by atoms with Gasteiger partial charge in [0.25, 0.3) is 5.56 Å². The second-order valence-electron chi connectivity index (χ2n) is 8.91. The van der Waals surface area contributed by atoms with Gasteiger partial charge in [-0.3, -0.25) is 14.5 Å². The second-order valence-corrected chi connectivity index (χ2v) is 8.91. The Kier molecular flexibility index (Phi) is 8.22. The summed E-state index contributed by atoms with van der Waals surface area (Å²) in [6.07, 6.45) is 1.62. The summed E-state index contributed by atoms with van der Waals surface area (Å²) in [6, 6.07) is 17.9. The number of carbonyl (C=O) groups is 1. The van der Waals surface area contributed by atoms with Crippen molar-refractivity contribution in [1.29, 1.82) is 0 Å². The van der Waals surface area contributed by atoms with Crippen LogP contribution in [0.4, 0.5) is 0 Å². The van der Waals surface area contributed by atoms with Crippen LogP contribution in [0.25, 0.3) is 10.9 Å². The number of aromatic nitrogens is 5. The number of H-pyrrole nitrogens is 1. The van der Waals surface area contributed by atoms with Gasteiger partial charge in [-0.2, -0.15) is 0 Å². The maximum Gasteiger partial charge on any atom is 0.327 e. The van der Waals surface area contributed by atoms with E-state index in [0.29, 0.717) is 31.1 Å². The molecule has 2 heterocycles. The highest BCUT2D eigenvalue weighted by molar-refractivity contribution is 5.79. The first kappa shape index (κ1) is 25.2. The largest absolute Gasteiger partial charge is 0.465 e. The smallest absolute Gasteiger partial charge is 0.327 e. The van der Waals surface area contributed by atoms with Crippen LogP contribution in [0, 0.1) is 6.92 Å². The number of rotatable bonds is 11. The first-order valence-electron chi connectivity index (χ1n) is 12.3. The van der Waals surface area contributed by atoms with Crippen molar-refractivity contribution in [3.8, 4) is 0 Å². The average Bonchev–Trinajstić information content (AvgIpc) is 3.31. The van der Waals surface area contributed by atoms with Crippen molar-refractivity contribution in [1.82, 2.24) is 30.1 Å². The number of aromatic amines is 1. The van der Waals surface area contributed by atoms with E-state index in [1.807, 2.05) is 49.4 Å². The lowest BCUT2D eigenvalue weighted by molar-refractivity contribution is -0.144. The number of hydrogen-bond donors (Lipinski definition) is 1. The van der Waals surface area contributed by atoms with Crippen LogP contribution in [-0.4, -0.2) is 42.7 Å². The normalized spacial score (nSPS) is 12.2. The summed E-state index contributed by atoms with van der Waals surface area (Å²) in [4.78, 5) is 30.5. The monoisotopic (exact) mass is 488 g/mol. The molecule has 0 fully saturated rings. The number of aryl methyl sites for hydroxylation is 1. The summed E-state index contributed by atoms with van der Waals surface area (Å²) < 4.78 is 6.62. The number of benzene rings is 2. The number of tetrazole rings is 1. The minimum atomic E-state index is -0.392. The summed E-state index contributed by atoms with van der Waals surface area (Å²) in [6.45, 7) is 7.07. The number of fused-ring (bicyclic) bond motifs is 1. The maximum absolute atomic E-state index is 13.1. The second kappa shape index (κ2) is 11.7. The highest BCUT2D eigenvalue weighted by Crippen LogP contribution is 2.28. The molecule has 36 heavy (non-hydrogen) atoms. The Morgan fingerprint density at radius 3 is 2.67 bits per heavy atom. The van der Waals surface area contributed by atoms with Gasteiger partial charge in [0, 0.05) is 24.2 Å². The van der Waals surface area contributed by atoms with Gasteiger partial charge in [-0.05, 0) is 59.3 Å². The lowest BCUT2D eigenvalue weighted by Gasteiger charge is -2.31. The van der Waals surface area contributed by atoms with Crippen molar-refractivity contribution in [2.75, 3.05) is 6.61 Å². The van der Waals surface area contributed by atoms with Crippen LogP contribution in [0.15, 0.2) is 59.4 Å². The Morgan fingerprint density at radius 2 is 1.92 bits per heavy atom. The zero-order valence-corrected chi connectivity index (χ0v) is 21.0. The molecule has 1 N–H and O–H groups in total.